The molecule has 1 saturated carbocycles. The first-order chi connectivity index (χ1) is 8.79. The number of nitrogens with zero attached hydrogens (tertiary/aromatic N) is 1. The number of H-pyrrole nitrogens is 1. The first-order valence-corrected chi connectivity index (χ1v) is 5.70. The number of aromatic amines is 1. The number of alkyl halides is 3. The van der Waals surface area contributed by atoms with Gasteiger partial charge in [0.2, 0.25) is 0 Å². The molecule has 0 unspecified atom stereocenters. The van der Waals surface area contributed by atoms with Crippen LogP contribution in [0.2, 0.25) is 0 Å². The van der Waals surface area contributed by atoms with Crippen molar-refractivity contribution in [1.82, 2.24) is 9.97 Å². The molecule has 0 saturated heterocycles. The van der Waals surface area contributed by atoms with E-state index in [0.29, 0.717) is 18.5 Å². The zero-order valence-electron chi connectivity index (χ0n) is 9.71. The normalized spacial score (nSPS) is 17.7. The Kier molecular flexibility index (Phi) is 2.28. The molecular weight excluding hydrogens is 259 g/mol. The van der Waals surface area contributed by atoms with Gasteiger partial charge in [-0.1, -0.05) is 0 Å². The number of benzene rings is 1. The van der Waals surface area contributed by atoms with E-state index in [2.05, 4.69) is 9.97 Å². The number of nitrogens with two attached hydrogens (primary N) is 1. The van der Waals surface area contributed by atoms with E-state index in [9.17, 15) is 18.0 Å². The molecule has 7 heteroatoms. The molecule has 0 amide bonds. The van der Waals surface area contributed by atoms with Crippen molar-refractivity contribution in [1.29, 1.82) is 0 Å². The predicted octanol–water partition coefficient (Wildman–Crippen LogP) is 1.89. The minimum absolute atomic E-state index is 0.225. The molecule has 100 valence electrons. The second-order valence-corrected chi connectivity index (χ2v) is 4.80. The van der Waals surface area contributed by atoms with Crippen LogP contribution in [0.5, 0.6) is 0 Å². The summed E-state index contributed by atoms with van der Waals surface area (Å²) in [6, 6.07) is 3.10. The molecule has 1 aromatic heterocycles. The minimum Gasteiger partial charge on any atom is -0.320 e. The SMILES string of the molecule is NC1(c2[nH]c(=O)nc3ccc(C(F)(F)F)cc23)CC1. The molecule has 1 heterocycles. The van der Waals surface area contributed by atoms with Crippen molar-refractivity contribution >= 4 is 10.9 Å². The molecule has 0 radical (unpaired) electrons. The topological polar surface area (TPSA) is 71.8 Å². The van der Waals surface area contributed by atoms with Gasteiger partial charge in [-0.15, -0.1) is 0 Å². The van der Waals surface area contributed by atoms with Gasteiger partial charge in [0.15, 0.2) is 0 Å². The summed E-state index contributed by atoms with van der Waals surface area (Å²) in [5, 5.41) is 0.259. The fraction of sp³-hybridized carbons (Fsp3) is 0.333. The standard InChI is InChI=1S/C12H10F3N3O/c13-12(14,15)6-1-2-8-7(5-6)9(11(16)3-4-11)18-10(19)17-8/h1-2,5H,3-4,16H2,(H,17,18,19). The third kappa shape index (κ3) is 1.99. The van der Waals surface area contributed by atoms with Crippen LogP contribution in [0.3, 0.4) is 0 Å². The van der Waals surface area contributed by atoms with Gasteiger partial charge >= 0.3 is 11.9 Å². The Morgan fingerprint density at radius 1 is 1.32 bits per heavy atom. The van der Waals surface area contributed by atoms with Crippen LogP contribution >= 0.6 is 0 Å². The van der Waals surface area contributed by atoms with E-state index in [4.69, 9.17) is 5.73 Å². The summed E-state index contributed by atoms with van der Waals surface area (Å²) in [6.07, 6.45) is -3.16. The van der Waals surface area contributed by atoms with Gasteiger partial charge in [-0.05, 0) is 31.0 Å². The maximum atomic E-state index is 12.7. The van der Waals surface area contributed by atoms with Crippen LogP contribution in [-0.2, 0) is 11.7 Å². The van der Waals surface area contributed by atoms with Gasteiger partial charge in [-0.25, -0.2) is 4.79 Å². The number of fused-ring (bicyclic) bond motifs is 1. The number of nitrogens with one attached hydrogen (secondary N) is 1. The molecule has 1 aromatic carbocycles. The van der Waals surface area contributed by atoms with Gasteiger partial charge in [0.05, 0.1) is 16.6 Å². The minimum atomic E-state index is -4.44. The first-order valence-electron chi connectivity index (χ1n) is 5.70. The summed E-state index contributed by atoms with van der Waals surface area (Å²) < 4.78 is 38.1. The van der Waals surface area contributed by atoms with Gasteiger partial charge in [0.1, 0.15) is 0 Å². The maximum absolute atomic E-state index is 12.7. The van der Waals surface area contributed by atoms with Crippen molar-refractivity contribution in [2.75, 3.05) is 0 Å². The lowest BCUT2D eigenvalue weighted by atomic mass is 10.0. The Balaban J connectivity index is 2.32. The highest BCUT2D eigenvalue weighted by Gasteiger charge is 2.43. The summed E-state index contributed by atoms with van der Waals surface area (Å²) in [7, 11) is 0. The van der Waals surface area contributed by atoms with E-state index in [1.165, 1.54) is 6.07 Å². The van der Waals surface area contributed by atoms with Crippen LogP contribution in [0, 0.1) is 0 Å². The van der Waals surface area contributed by atoms with Crippen molar-refractivity contribution in [3.8, 4) is 0 Å². The molecule has 1 aliphatic carbocycles. The monoisotopic (exact) mass is 269 g/mol. The van der Waals surface area contributed by atoms with E-state index in [-0.39, 0.29) is 10.9 Å². The van der Waals surface area contributed by atoms with Crippen LogP contribution in [0.15, 0.2) is 23.0 Å². The quantitative estimate of drug-likeness (QED) is 0.830. The number of hydrogen-bond acceptors (Lipinski definition) is 3. The lowest BCUT2D eigenvalue weighted by Crippen LogP contribution is -2.26. The number of aromatic nitrogens is 2. The van der Waals surface area contributed by atoms with Crippen molar-refractivity contribution in [2.24, 2.45) is 5.73 Å². The molecule has 1 fully saturated rings. The van der Waals surface area contributed by atoms with Crippen LogP contribution in [0.25, 0.3) is 10.9 Å². The van der Waals surface area contributed by atoms with Gasteiger partial charge in [0.25, 0.3) is 0 Å². The fourth-order valence-electron chi connectivity index (χ4n) is 2.10. The van der Waals surface area contributed by atoms with Gasteiger partial charge in [0, 0.05) is 11.1 Å². The van der Waals surface area contributed by atoms with Gasteiger partial charge < -0.3 is 10.7 Å². The first kappa shape index (κ1) is 12.2. The fourth-order valence-corrected chi connectivity index (χ4v) is 2.10. The number of halogens is 3. The largest absolute Gasteiger partial charge is 0.416 e. The highest BCUT2D eigenvalue weighted by atomic mass is 19.4. The molecule has 2 aromatic rings. The lowest BCUT2D eigenvalue weighted by molar-refractivity contribution is -0.137. The smallest absolute Gasteiger partial charge is 0.320 e. The van der Waals surface area contributed by atoms with Crippen molar-refractivity contribution < 1.29 is 13.2 Å². The Bertz CT molecular complexity index is 716. The summed E-state index contributed by atoms with van der Waals surface area (Å²) in [4.78, 5) is 17.6. The van der Waals surface area contributed by atoms with Crippen LogP contribution < -0.4 is 11.4 Å². The molecule has 4 nitrogen and oxygen atoms in total. The van der Waals surface area contributed by atoms with E-state index in [0.717, 1.165) is 12.1 Å². The van der Waals surface area contributed by atoms with Crippen LogP contribution in [0.4, 0.5) is 13.2 Å². The highest BCUT2D eigenvalue weighted by Crippen LogP contribution is 2.44. The van der Waals surface area contributed by atoms with E-state index in [1.807, 2.05) is 0 Å². The van der Waals surface area contributed by atoms with Gasteiger partial charge in [-0.3, -0.25) is 0 Å². The molecule has 19 heavy (non-hydrogen) atoms. The van der Waals surface area contributed by atoms with E-state index >= 15 is 0 Å². The predicted molar refractivity (Wildman–Crippen MR) is 62.5 cm³/mol. The Morgan fingerprint density at radius 2 is 2.00 bits per heavy atom. The third-order valence-corrected chi connectivity index (χ3v) is 3.33. The molecule has 1 aliphatic rings. The second-order valence-electron chi connectivity index (χ2n) is 4.80. The summed E-state index contributed by atoms with van der Waals surface area (Å²) >= 11 is 0. The van der Waals surface area contributed by atoms with Crippen molar-refractivity contribution in [3.63, 3.8) is 0 Å². The maximum Gasteiger partial charge on any atom is 0.416 e. The average Bonchev–Trinajstić information content (AvgIpc) is 3.05. The second kappa shape index (κ2) is 3.57. The Morgan fingerprint density at radius 3 is 2.58 bits per heavy atom. The molecule has 3 rings (SSSR count). The molecular formula is C12H10F3N3O. The van der Waals surface area contributed by atoms with E-state index in [1.54, 1.807) is 0 Å². The van der Waals surface area contributed by atoms with Crippen molar-refractivity contribution in [3.05, 3.63) is 39.9 Å². The summed E-state index contributed by atoms with van der Waals surface area (Å²) in [6.45, 7) is 0. The molecule has 0 bridgehead atoms. The van der Waals surface area contributed by atoms with Crippen LogP contribution in [0.1, 0.15) is 24.1 Å². The molecule has 0 atom stereocenters. The Labute approximate surface area is 105 Å². The summed E-state index contributed by atoms with van der Waals surface area (Å²) in [5.74, 6) is 0. The van der Waals surface area contributed by atoms with Gasteiger partial charge in [-0.2, -0.15) is 18.2 Å². The third-order valence-electron chi connectivity index (χ3n) is 3.33. The average molecular weight is 269 g/mol. The molecule has 0 spiro atoms. The molecule has 3 N–H and O–H groups in total. The Hall–Kier alpha value is -1.89. The zero-order valence-corrected chi connectivity index (χ0v) is 9.71. The van der Waals surface area contributed by atoms with Crippen LogP contribution in [-0.4, -0.2) is 9.97 Å². The highest BCUT2D eigenvalue weighted by molar-refractivity contribution is 5.82. The number of rotatable bonds is 1. The zero-order chi connectivity index (χ0) is 13.8. The van der Waals surface area contributed by atoms with Crippen molar-refractivity contribution in [2.45, 2.75) is 24.6 Å². The lowest BCUT2D eigenvalue weighted by Gasteiger charge is -2.13. The molecule has 0 aliphatic heterocycles. The van der Waals surface area contributed by atoms with E-state index < -0.39 is 23.0 Å². The summed E-state index contributed by atoms with van der Waals surface area (Å²) in [5.41, 5.74) is 4.44. The number of hydrogen-bond donors (Lipinski definition) is 2.